The highest BCUT2D eigenvalue weighted by Crippen LogP contribution is 2.32. The zero-order valence-electron chi connectivity index (χ0n) is 12.0. The molecule has 0 spiro atoms. The number of rotatable bonds is 3. The number of benzene rings is 1. The molecule has 2 unspecified atom stereocenters. The van der Waals surface area contributed by atoms with Crippen LogP contribution >= 0.6 is 12.2 Å². The molecule has 1 saturated carbocycles. The van der Waals surface area contributed by atoms with Gasteiger partial charge in [-0.1, -0.05) is 32.1 Å². The van der Waals surface area contributed by atoms with Crippen molar-refractivity contribution in [1.29, 1.82) is 0 Å². The molecular formula is C16H23NOS. The average molecular weight is 277 g/mol. The molecule has 104 valence electrons. The lowest BCUT2D eigenvalue weighted by atomic mass is 9.82. The van der Waals surface area contributed by atoms with Crippen LogP contribution in [0.1, 0.15) is 44.2 Å². The van der Waals surface area contributed by atoms with E-state index in [1.807, 2.05) is 18.2 Å². The molecule has 0 aromatic heterocycles. The molecule has 0 radical (unpaired) electrons. The van der Waals surface area contributed by atoms with Crippen LogP contribution in [0.15, 0.2) is 18.2 Å². The molecule has 1 aromatic carbocycles. The number of aryl methyl sites for hydroxylation is 1. The van der Waals surface area contributed by atoms with Gasteiger partial charge in [-0.15, -0.1) is 0 Å². The van der Waals surface area contributed by atoms with E-state index in [1.54, 1.807) is 0 Å². The quantitative estimate of drug-likeness (QED) is 0.853. The van der Waals surface area contributed by atoms with Crippen molar-refractivity contribution in [2.45, 2.75) is 46.1 Å². The monoisotopic (exact) mass is 277 g/mol. The lowest BCUT2D eigenvalue weighted by Gasteiger charge is -2.32. The van der Waals surface area contributed by atoms with E-state index in [2.05, 4.69) is 20.8 Å². The summed E-state index contributed by atoms with van der Waals surface area (Å²) in [7, 11) is 0. The van der Waals surface area contributed by atoms with E-state index in [-0.39, 0.29) is 6.10 Å². The highest BCUT2D eigenvalue weighted by atomic mass is 32.1. The van der Waals surface area contributed by atoms with Crippen molar-refractivity contribution in [2.75, 3.05) is 0 Å². The van der Waals surface area contributed by atoms with Crippen molar-refractivity contribution < 1.29 is 4.74 Å². The SMILES string of the molecule is Cc1ccc(C(N)=S)c(OC2CC(C)CC(C)C2)c1. The normalized spacial score (nSPS) is 27.0. The fraction of sp³-hybridized carbons (Fsp3) is 0.562. The van der Waals surface area contributed by atoms with Crippen molar-refractivity contribution in [1.82, 2.24) is 0 Å². The van der Waals surface area contributed by atoms with Gasteiger partial charge in [0.15, 0.2) is 0 Å². The van der Waals surface area contributed by atoms with Crippen molar-refractivity contribution in [3.05, 3.63) is 29.3 Å². The highest BCUT2D eigenvalue weighted by Gasteiger charge is 2.26. The van der Waals surface area contributed by atoms with E-state index in [9.17, 15) is 0 Å². The van der Waals surface area contributed by atoms with Crippen molar-refractivity contribution >= 4 is 17.2 Å². The number of hydrogen-bond donors (Lipinski definition) is 1. The molecule has 2 nitrogen and oxygen atoms in total. The minimum absolute atomic E-state index is 0.286. The summed E-state index contributed by atoms with van der Waals surface area (Å²) < 4.78 is 6.20. The van der Waals surface area contributed by atoms with Crippen LogP contribution in [0.3, 0.4) is 0 Å². The standard InChI is InChI=1S/C16H23NOS/c1-10-4-5-14(16(17)19)15(9-10)18-13-7-11(2)6-12(3)8-13/h4-5,9,11-13H,6-8H2,1-3H3,(H2,17,19). The predicted octanol–water partition coefficient (Wildman–Crippen LogP) is 3.83. The van der Waals surface area contributed by atoms with Gasteiger partial charge in [0.1, 0.15) is 10.7 Å². The molecule has 2 N–H and O–H groups in total. The van der Waals surface area contributed by atoms with Gasteiger partial charge in [-0.3, -0.25) is 0 Å². The first-order valence-corrected chi connectivity index (χ1v) is 7.43. The maximum atomic E-state index is 6.20. The second-order valence-corrected chi connectivity index (χ2v) is 6.46. The Bertz CT molecular complexity index is 462. The zero-order valence-corrected chi connectivity index (χ0v) is 12.8. The molecular weight excluding hydrogens is 254 g/mol. The zero-order chi connectivity index (χ0) is 14.0. The van der Waals surface area contributed by atoms with E-state index >= 15 is 0 Å². The Balaban J connectivity index is 2.18. The van der Waals surface area contributed by atoms with Gasteiger partial charge in [0.05, 0.1) is 11.7 Å². The smallest absolute Gasteiger partial charge is 0.130 e. The summed E-state index contributed by atoms with van der Waals surface area (Å²) in [5, 5.41) is 0. The molecule has 0 heterocycles. The second-order valence-electron chi connectivity index (χ2n) is 6.02. The molecule has 2 rings (SSSR count). The minimum atomic E-state index is 0.286. The molecule has 1 aliphatic rings. The Labute approximate surface area is 121 Å². The molecule has 0 amide bonds. The number of hydrogen-bond acceptors (Lipinski definition) is 2. The molecule has 0 saturated heterocycles. The average Bonchev–Trinajstić information content (AvgIpc) is 2.26. The van der Waals surface area contributed by atoms with Crippen molar-refractivity contribution in [3.8, 4) is 5.75 Å². The van der Waals surface area contributed by atoms with Crippen LogP contribution in [-0.2, 0) is 0 Å². The summed E-state index contributed by atoms with van der Waals surface area (Å²) in [6.45, 7) is 6.66. The first-order valence-electron chi connectivity index (χ1n) is 7.02. The summed E-state index contributed by atoms with van der Waals surface area (Å²) in [6.07, 6.45) is 3.83. The fourth-order valence-corrected chi connectivity index (χ4v) is 3.25. The molecule has 2 atom stereocenters. The first kappa shape index (κ1) is 14.3. The maximum absolute atomic E-state index is 6.20. The topological polar surface area (TPSA) is 35.2 Å². The van der Waals surface area contributed by atoms with Gasteiger partial charge < -0.3 is 10.5 Å². The van der Waals surface area contributed by atoms with E-state index in [4.69, 9.17) is 22.7 Å². The Morgan fingerprint density at radius 3 is 2.42 bits per heavy atom. The number of ether oxygens (including phenoxy) is 1. The molecule has 1 aromatic rings. The molecule has 1 fully saturated rings. The van der Waals surface area contributed by atoms with E-state index < -0.39 is 0 Å². The Morgan fingerprint density at radius 1 is 1.21 bits per heavy atom. The third-order valence-corrected chi connectivity index (χ3v) is 4.05. The van der Waals surface area contributed by atoms with Crippen LogP contribution in [0.2, 0.25) is 0 Å². The lowest BCUT2D eigenvalue weighted by Crippen LogP contribution is -2.29. The third-order valence-electron chi connectivity index (χ3n) is 3.83. The highest BCUT2D eigenvalue weighted by molar-refractivity contribution is 7.80. The second kappa shape index (κ2) is 5.91. The first-order chi connectivity index (χ1) is 8.95. The van der Waals surface area contributed by atoms with Crippen molar-refractivity contribution in [3.63, 3.8) is 0 Å². The largest absolute Gasteiger partial charge is 0.490 e. The van der Waals surface area contributed by atoms with Crippen LogP contribution in [0, 0.1) is 18.8 Å². The molecule has 19 heavy (non-hydrogen) atoms. The predicted molar refractivity (Wildman–Crippen MR) is 83.7 cm³/mol. The molecule has 0 bridgehead atoms. The Hall–Kier alpha value is -1.09. The van der Waals surface area contributed by atoms with Crippen LogP contribution < -0.4 is 10.5 Å². The van der Waals surface area contributed by atoms with Crippen LogP contribution in [0.5, 0.6) is 5.75 Å². The molecule has 1 aliphatic carbocycles. The van der Waals surface area contributed by atoms with Gasteiger partial charge >= 0.3 is 0 Å². The van der Waals surface area contributed by atoms with Gasteiger partial charge in [0, 0.05) is 0 Å². The van der Waals surface area contributed by atoms with Crippen LogP contribution in [0.4, 0.5) is 0 Å². The summed E-state index contributed by atoms with van der Waals surface area (Å²) in [5.41, 5.74) is 7.80. The fourth-order valence-electron chi connectivity index (χ4n) is 3.08. The Morgan fingerprint density at radius 2 is 1.84 bits per heavy atom. The van der Waals surface area contributed by atoms with E-state index in [0.29, 0.717) is 4.99 Å². The van der Waals surface area contributed by atoms with Gasteiger partial charge in [-0.05, 0) is 55.7 Å². The molecule has 3 heteroatoms. The van der Waals surface area contributed by atoms with Gasteiger partial charge in [-0.25, -0.2) is 0 Å². The van der Waals surface area contributed by atoms with Crippen LogP contribution in [0.25, 0.3) is 0 Å². The Kier molecular flexibility index (Phi) is 4.46. The van der Waals surface area contributed by atoms with Gasteiger partial charge in [-0.2, -0.15) is 0 Å². The number of thiocarbonyl (C=S) groups is 1. The molecule has 0 aliphatic heterocycles. The number of nitrogens with two attached hydrogens (primary N) is 1. The van der Waals surface area contributed by atoms with E-state index in [1.165, 1.54) is 12.0 Å². The third kappa shape index (κ3) is 3.69. The van der Waals surface area contributed by atoms with Gasteiger partial charge in [0.2, 0.25) is 0 Å². The summed E-state index contributed by atoms with van der Waals surface area (Å²) in [6, 6.07) is 6.02. The van der Waals surface area contributed by atoms with Crippen molar-refractivity contribution in [2.24, 2.45) is 17.6 Å². The summed E-state index contributed by atoms with van der Waals surface area (Å²) in [5.74, 6) is 2.30. The minimum Gasteiger partial charge on any atom is -0.490 e. The lowest BCUT2D eigenvalue weighted by molar-refractivity contribution is 0.101. The van der Waals surface area contributed by atoms with Crippen LogP contribution in [-0.4, -0.2) is 11.1 Å². The van der Waals surface area contributed by atoms with Gasteiger partial charge in [0.25, 0.3) is 0 Å². The maximum Gasteiger partial charge on any atom is 0.130 e. The summed E-state index contributed by atoms with van der Waals surface area (Å²) in [4.78, 5) is 0.409. The van der Waals surface area contributed by atoms with E-state index in [0.717, 1.165) is 36.0 Å². The summed E-state index contributed by atoms with van der Waals surface area (Å²) >= 11 is 5.10.